The van der Waals surface area contributed by atoms with Crippen molar-refractivity contribution >= 4 is 35.0 Å². The number of benzene rings is 2. The number of hydrogen-bond acceptors (Lipinski definition) is 7. The van der Waals surface area contributed by atoms with E-state index in [-0.39, 0.29) is 17.7 Å². The first-order valence-corrected chi connectivity index (χ1v) is 14.2. The summed E-state index contributed by atoms with van der Waals surface area (Å²) in [6.45, 7) is 7.71. The van der Waals surface area contributed by atoms with Crippen molar-refractivity contribution < 1.29 is 19.0 Å². The molecule has 8 nitrogen and oxygen atoms in total. The van der Waals surface area contributed by atoms with Gasteiger partial charge in [0.1, 0.15) is 17.5 Å². The van der Waals surface area contributed by atoms with E-state index in [0.29, 0.717) is 37.1 Å². The van der Waals surface area contributed by atoms with Gasteiger partial charge in [-0.25, -0.2) is 9.79 Å². The van der Waals surface area contributed by atoms with Crippen LogP contribution in [0.3, 0.4) is 0 Å². The van der Waals surface area contributed by atoms with Gasteiger partial charge in [-0.05, 0) is 87.9 Å². The molecule has 0 saturated heterocycles. The second-order valence-electron chi connectivity index (χ2n) is 9.55. The highest BCUT2D eigenvalue weighted by Crippen LogP contribution is 2.38. The fraction of sp³-hybridized carbons (Fsp3) is 0.258. The quantitative estimate of drug-likeness (QED) is 0.286. The number of ether oxygens (including phenoxy) is 3. The summed E-state index contributed by atoms with van der Waals surface area (Å²) in [5, 5.41) is 0.664. The van der Waals surface area contributed by atoms with Gasteiger partial charge in [-0.2, -0.15) is 0 Å². The first-order valence-electron chi connectivity index (χ1n) is 13.0. The number of nitrogens with zero attached hydrogens (tertiary/aromatic N) is 3. The van der Waals surface area contributed by atoms with E-state index in [2.05, 4.69) is 9.56 Å². The maximum Gasteiger partial charge on any atom is 0.338 e. The van der Waals surface area contributed by atoms with Crippen LogP contribution in [0.1, 0.15) is 42.4 Å². The van der Waals surface area contributed by atoms with E-state index in [1.807, 2.05) is 50.3 Å². The summed E-state index contributed by atoms with van der Waals surface area (Å²) in [5.74, 6) is 0.535. The van der Waals surface area contributed by atoms with Gasteiger partial charge < -0.3 is 18.8 Å². The average Bonchev–Trinajstić information content (AvgIpc) is 3.41. The first kappa shape index (κ1) is 28.4. The highest BCUT2D eigenvalue weighted by molar-refractivity contribution is 7.07. The molecule has 212 valence electrons. The first-order chi connectivity index (χ1) is 19.7. The van der Waals surface area contributed by atoms with Gasteiger partial charge in [-0.1, -0.05) is 22.9 Å². The largest absolute Gasteiger partial charge is 0.497 e. The van der Waals surface area contributed by atoms with E-state index in [4.69, 9.17) is 25.8 Å². The maximum atomic E-state index is 14.1. The lowest BCUT2D eigenvalue weighted by molar-refractivity contribution is -0.139. The molecular formula is C31H30ClN3O5S. The minimum atomic E-state index is -0.820. The van der Waals surface area contributed by atoms with Gasteiger partial charge in [0, 0.05) is 27.7 Å². The van der Waals surface area contributed by atoms with Crippen molar-refractivity contribution in [1.29, 1.82) is 0 Å². The van der Waals surface area contributed by atoms with E-state index < -0.39 is 12.0 Å². The molecular weight excluding hydrogens is 562 g/mol. The zero-order valence-corrected chi connectivity index (χ0v) is 25.2. The Morgan fingerprint density at radius 1 is 1.07 bits per heavy atom. The van der Waals surface area contributed by atoms with Crippen molar-refractivity contribution in [1.82, 2.24) is 9.13 Å². The highest BCUT2D eigenvalue weighted by atomic mass is 35.5. The number of halogens is 1. The number of esters is 1. The van der Waals surface area contributed by atoms with Gasteiger partial charge in [-0.3, -0.25) is 9.36 Å². The lowest BCUT2D eigenvalue weighted by Gasteiger charge is -2.26. The highest BCUT2D eigenvalue weighted by Gasteiger charge is 2.35. The third-order valence-electron chi connectivity index (χ3n) is 7.09. The Balaban J connectivity index is 1.73. The molecule has 0 bridgehead atoms. The minimum Gasteiger partial charge on any atom is -0.497 e. The molecule has 41 heavy (non-hydrogen) atoms. The number of thiazole rings is 1. The standard InChI is InChI=1S/C31H30ClN3O5S/c1-7-40-30(37)27-18(3)33-31-35(28(27)24-16-23(38-5)12-13-25(24)39-6)29(36)26(41-31)15-20-14-17(2)34(19(20)4)22-10-8-21(32)9-11-22/h8-16,28H,7H2,1-6H3/b26-15-. The minimum absolute atomic E-state index is 0.186. The fourth-order valence-corrected chi connectivity index (χ4v) is 6.36. The molecule has 0 aliphatic carbocycles. The maximum absolute atomic E-state index is 14.1. The number of aryl methyl sites for hydroxylation is 1. The Bertz CT molecular complexity index is 1860. The van der Waals surface area contributed by atoms with Crippen LogP contribution in [0.15, 0.2) is 69.6 Å². The summed E-state index contributed by atoms with van der Waals surface area (Å²) >= 11 is 7.37. The molecule has 1 aliphatic heterocycles. The second-order valence-corrected chi connectivity index (χ2v) is 11.0. The molecule has 0 radical (unpaired) electrons. The summed E-state index contributed by atoms with van der Waals surface area (Å²) in [4.78, 5) is 32.5. The molecule has 1 atom stereocenters. The topological polar surface area (TPSA) is 84.1 Å². The monoisotopic (exact) mass is 591 g/mol. The summed E-state index contributed by atoms with van der Waals surface area (Å²) in [5.41, 5.74) is 4.95. The Morgan fingerprint density at radius 3 is 2.46 bits per heavy atom. The molecule has 10 heteroatoms. The second kappa shape index (κ2) is 11.4. The number of hydrogen-bond donors (Lipinski definition) is 0. The number of allylic oxidation sites excluding steroid dienone is 1. The van der Waals surface area contributed by atoms with Crippen LogP contribution in [0.4, 0.5) is 0 Å². The summed E-state index contributed by atoms with van der Waals surface area (Å²) in [6, 6.07) is 14.1. The Hall–Kier alpha value is -4.08. The Morgan fingerprint density at radius 2 is 1.80 bits per heavy atom. The van der Waals surface area contributed by atoms with Gasteiger partial charge in [0.15, 0.2) is 4.80 Å². The van der Waals surface area contributed by atoms with Crippen LogP contribution in [0.25, 0.3) is 11.8 Å². The van der Waals surface area contributed by atoms with Crippen LogP contribution in [0.5, 0.6) is 11.5 Å². The molecule has 5 rings (SSSR count). The predicted molar refractivity (Wildman–Crippen MR) is 160 cm³/mol. The van der Waals surface area contributed by atoms with Gasteiger partial charge in [0.05, 0.1) is 36.6 Å². The van der Waals surface area contributed by atoms with E-state index in [1.165, 1.54) is 11.3 Å². The number of rotatable bonds is 7. The molecule has 1 aliphatic rings. The molecule has 0 amide bonds. The van der Waals surface area contributed by atoms with Crippen LogP contribution in [-0.2, 0) is 9.53 Å². The number of carbonyl (C=O) groups excluding carboxylic acids is 1. The predicted octanol–water partition coefficient (Wildman–Crippen LogP) is 4.88. The van der Waals surface area contributed by atoms with Crippen LogP contribution < -0.4 is 24.4 Å². The number of carbonyl (C=O) groups is 1. The lowest BCUT2D eigenvalue weighted by atomic mass is 9.94. The molecule has 0 N–H and O–H groups in total. The Kier molecular flexibility index (Phi) is 7.93. The van der Waals surface area contributed by atoms with Crippen molar-refractivity contribution in [3.63, 3.8) is 0 Å². The van der Waals surface area contributed by atoms with Crippen molar-refractivity contribution in [2.45, 2.75) is 33.7 Å². The fourth-order valence-electron chi connectivity index (χ4n) is 5.20. The zero-order valence-electron chi connectivity index (χ0n) is 23.6. The molecule has 3 heterocycles. The number of aromatic nitrogens is 2. The Labute approximate surface area is 246 Å². The third-order valence-corrected chi connectivity index (χ3v) is 8.33. The van der Waals surface area contributed by atoms with Gasteiger partial charge in [-0.15, -0.1) is 0 Å². The molecule has 0 saturated carbocycles. The van der Waals surface area contributed by atoms with E-state index >= 15 is 0 Å². The van der Waals surface area contributed by atoms with E-state index in [1.54, 1.807) is 50.8 Å². The molecule has 2 aromatic heterocycles. The van der Waals surface area contributed by atoms with Gasteiger partial charge in [0.25, 0.3) is 5.56 Å². The summed E-state index contributed by atoms with van der Waals surface area (Å²) < 4.78 is 20.7. The summed E-state index contributed by atoms with van der Waals surface area (Å²) in [7, 11) is 3.11. The smallest absolute Gasteiger partial charge is 0.338 e. The van der Waals surface area contributed by atoms with Crippen molar-refractivity contribution in [3.05, 3.63) is 107 Å². The third kappa shape index (κ3) is 5.11. The zero-order chi connectivity index (χ0) is 29.4. The van der Waals surface area contributed by atoms with Crippen LogP contribution >= 0.6 is 22.9 Å². The van der Waals surface area contributed by atoms with Gasteiger partial charge in [0.2, 0.25) is 0 Å². The molecule has 0 fully saturated rings. The normalized spacial score (nSPS) is 15.0. The number of fused-ring (bicyclic) bond motifs is 1. The molecule has 0 spiro atoms. The molecule has 4 aromatic rings. The van der Waals surface area contributed by atoms with Crippen LogP contribution in [0.2, 0.25) is 5.02 Å². The summed E-state index contributed by atoms with van der Waals surface area (Å²) in [6.07, 6.45) is 1.88. The SMILES string of the molecule is CCOC(=O)C1=C(C)N=c2s/c(=C\c3cc(C)n(-c4ccc(Cl)cc4)c3C)c(=O)n2C1c1cc(OC)ccc1OC. The average molecular weight is 592 g/mol. The van der Waals surface area contributed by atoms with E-state index in [9.17, 15) is 9.59 Å². The van der Waals surface area contributed by atoms with Crippen LogP contribution in [-0.4, -0.2) is 35.9 Å². The van der Waals surface area contributed by atoms with Crippen molar-refractivity contribution in [3.8, 4) is 17.2 Å². The van der Waals surface area contributed by atoms with E-state index in [0.717, 1.165) is 22.6 Å². The number of methoxy groups -OCH3 is 2. The van der Waals surface area contributed by atoms with Crippen molar-refractivity contribution in [2.24, 2.45) is 4.99 Å². The van der Waals surface area contributed by atoms with Crippen molar-refractivity contribution in [2.75, 3.05) is 20.8 Å². The molecule has 1 unspecified atom stereocenters. The molecule has 2 aromatic carbocycles. The lowest BCUT2D eigenvalue weighted by Crippen LogP contribution is -2.40. The van der Waals surface area contributed by atoms with Crippen LogP contribution in [0, 0.1) is 13.8 Å². The van der Waals surface area contributed by atoms with Gasteiger partial charge >= 0.3 is 5.97 Å².